The van der Waals surface area contributed by atoms with Crippen LogP contribution in [-0.2, 0) is 31.0 Å². The summed E-state index contributed by atoms with van der Waals surface area (Å²) in [5.41, 5.74) is 0. The van der Waals surface area contributed by atoms with E-state index >= 15 is 0 Å². The second kappa shape index (κ2) is 9.69. The maximum atomic E-state index is 11.6. The molecule has 1 aliphatic heterocycles. The molecule has 0 bridgehead atoms. The number of urea groups is 1. The van der Waals surface area contributed by atoms with Gasteiger partial charge < -0.3 is 19.9 Å². The van der Waals surface area contributed by atoms with E-state index in [1.807, 2.05) is 0 Å². The van der Waals surface area contributed by atoms with Crippen LogP contribution in [0, 0.1) is 0 Å². The quantitative estimate of drug-likeness (QED) is 0.760. The van der Waals surface area contributed by atoms with Crippen molar-refractivity contribution >= 4 is 23.3 Å². The first-order valence-corrected chi connectivity index (χ1v) is 9.37. The van der Waals surface area contributed by atoms with Gasteiger partial charge in [0.25, 0.3) is 0 Å². The van der Waals surface area contributed by atoms with Gasteiger partial charge in [0.1, 0.15) is 5.82 Å². The average Bonchev–Trinajstić information content (AvgIpc) is 3.28. The molecule has 9 nitrogen and oxygen atoms in total. The summed E-state index contributed by atoms with van der Waals surface area (Å²) in [6.45, 7) is 4.00. The zero-order valence-electron chi connectivity index (χ0n) is 15.8. The molecule has 3 heterocycles. The number of nitrogens with zero attached hydrogens (tertiary/aromatic N) is 5. The van der Waals surface area contributed by atoms with E-state index in [0.717, 1.165) is 37.8 Å². The minimum atomic E-state index is -5.08. The lowest BCUT2D eigenvalue weighted by Crippen LogP contribution is -2.36. The number of aliphatic carboxylic acids is 1. The summed E-state index contributed by atoms with van der Waals surface area (Å²) in [6, 6.07) is 4.12. The highest BCUT2D eigenvalue weighted by atomic mass is 32.1. The van der Waals surface area contributed by atoms with Crippen molar-refractivity contribution < 1.29 is 27.9 Å². The predicted octanol–water partition coefficient (Wildman–Crippen LogP) is 1.76. The normalized spacial score (nSPS) is 13.8. The van der Waals surface area contributed by atoms with Gasteiger partial charge in [-0.3, -0.25) is 4.90 Å². The first-order valence-electron chi connectivity index (χ1n) is 8.49. The Hall–Kier alpha value is -2.67. The van der Waals surface area contributed by atoms with Crippen LogP contribution in [0.5, 0.6) is 0 Å². The Labute approximate surface area is 168 Å². The number of amides is 2. The van der Waals surface area contributed by atoms with E-state index in [0.29, 0.717) is 6.54 Å². The second-order valence-corrected chi connectivity index (χ2v) is 7.36. The third-order valence-electron chi connectivity index (χ3n) is 3.91. The first kappa shape index (κ1) is 22.6. The number of aromatic nitrogens is 3. The van der Waals surface area contributed by atoms with Crippen molar-refractivity contribution in [3.63, 3.8) is 0 Å². The number of carbonyl (C=O) groups excluding carboxylic acids is 1. The van der Waals surface area contributed by atoms with Crippen LogP contribution in [0.25, 0.3) is 0 Å². The third kappa shape index (κ3) is 6.71. The van der Waals surface area contributed by atoms with E-state index in [2.05, 4.69) is 42.5 Å². The molecule has 2 N–H and O–H groups in total. The number of hydrogen-bond acceptors (Lipinski definition) is 6. The lowest BCUT2D eigenvalue weighted by molar-refractivity contribution is -0.192. The van der Waals surface area contributed by atoms with Gasteiger partial charge in [-0.25, -0.2) is 9.59 Å². The van der Waals surface area contributed by atoms with Crippen molar-refractivity contribution in [3.05, 3.63) is 34.0 Å². The molecule has 0 aromatic carbocycles. The topological polar surface area (TPSA) is 104 Å². The van der Waals surface area contributed by atoms with Gasteiger partial charge >= 0.3 is 18.2 Å². The lowest BCUT2D eigenvalue weighted by atomic mass is 10.3. The van der Waals surface area contributed by atoms with Crippen molar-refractivity contribution in [1.82, 2.24) is 29.9 Å². The van der Waals surface area contributed by atoms with Crippen LogP contribution in [0.1, 0.15) is 16.5 Å². The van der Waals surface area contributed by atoms with E-state index in [1.54, 1.807) is 25.4 Å². The van der Waals surface area contributed by atoms with Crippen LogP contribution in [-0.4, -0.2) is 68.5 Å². The maximum Gasteiger partial charge on any atom is 0.490 e. The fourth-order valence-corrected chi connectivity index (χ4v) is 3.22. The standard InChI is InChI=1S/C14H20N6OS.C2HF3O2/c1-18(2)14(21)15-8-12-16-17-13-10-19(5-6-20(12)13)9-11-4-3-7-22-11;3-2(4,5)1(6)7/h3-4,7H,5-6,8-10H2,1-2H3,(H,15,21);(H,6,7). The van der Waals surface area contributed by atoms with Crippen LogP contribution in [0.4, 0.5) is 18.0 Å². The van der Waals surface area contributed by atoms with Crippen molar-refractivity contribution in [2.24, 2.45) is 0 Å². The number of carboxylic acids is 1. The van der Waals surface area contributed by atoms with Gasteiger partial charge in [-0.2, -0.15) is 13.2 Å². The molecule has 160 valence electrons. The molecule has 2 aromatic heterocycles. The molecule has 0 spiro atoms. The minimum absolute atomic E-state index is 0.118. The van der Waals surface area contributed by atoms with Crippen LogP contribution < -0.4 is 5.32 Å². The van der Waals surface area contributed by atoms with Gasteiger partial charge in [0.05, 0.1) is 13.1 Å². The smallest absolute Gasteiger partial charge is 0.475 e. The Morgan fingerprint density at radius 2 is 2.00 bits per heavy atom. The van der Waals surface area contributed by atoms with E-state index < -0.39 is 12.1 Å². The summed E-state index contributed by atoms with van der Waals surface area (Å²) in [5, 5.41) is 20.5. The zero-order chi connectivity index (χ0) is 21.6. The number of rotatable bonds is 4. The predicted molar refractivity (Wildman–Crippen MR) is 98.1 cm³/mol. The monoisotopic (exact) mass is 434 g/mol. The molecule has 1 aliphatic rings. The molecule has 0 atom stereocenters. The Balaban J connectivity index is 0.000000370. The fourth-order valence-electron chi connectivity index (χ4n) is 2.47. The van der Waals surface area contributed by atoms with Crippen LogP contribution in [0.2, 0.25) is 0 Å². The highest BCUT2D eigenvalue weighted by Crippen LogP contribution is 2.17. The molecule has 0 radical (unpaired) electrons. The summed E-state index contributed by atoms with van der Waals surface area (Å²) < 4.78 is 33.8. The number of hydrogen-bond donors (Lipinski definition) is 2. The zero-order valence-corrected chi connectivity index (χ0v) is 16.6. The highest BCUT2D eigenvalue weighted by molar-refractivity contribution is 7.09. The molecule has 0 aliphatic carbocycles. The largest absolute Gasteiger partial charge is 0.490 e. The molecule has 0 saturated heterocycles. The number of nitrogens with one attached hydrogen (secondary N) is 1. The number of halogens is 3. The van der Waals surface area contributed by atoms with E-state index in [9.17, 15) is 18.0 Å². The van der Waals surface area contributed by atoms with Crippen LogP contribution in [0.15, 0.2) is 17.5 Å². The van der Waals surface area contributed by atoms with Gasteiger partial charge in [-0.05, 0) is 11.4 Å². The summed E-state index contributed by atoms with van der Waals surface area (Å²) in [6.07, 6.45) is -5.08. The van der Waals surface area contributed by atoms with Crippen LogP contribution in [0.3, 0.4) is 0 Å². The Bertz CT molecular complexity index is 822. The van der Waals surface area contributed by atoms with E-state index in [4.69, 9.17) is 9.90 Å². The molecular formula is C16H21F3N6O3S. The van der Waals surface area contributed by atoms with Gasteiger partial charge in [0, 0.05) is 38.6 Å². The Morgan fingerprint density at radius 1 is 1.31 bits per heavy atom. The van der Waals surface area contributed by atoms with Crippen molar-refractivity contribution in [2.75, 3.05) is 20.6 Å². The maximum absolute atomic E-state index is 11.6. The van der Waals surface area contributed by atoms with Crippen LogP contribution >= 0.6 is 11.3 Å². The minimum Gasteiger partial charge on any atom is -0.475 e. The molecule has 13 heteroatoms. The van der Waals surface area contributed by atoms with Gasteiger partial charge in [0.15, 0.2) is 5.82 Å². The first-order chi connectivity index (χ1) is 13.6. The molecule has 2 aromatic rings. The SMILES string of the molecule is CN(C)C(=O)NCc1nnc2n1CCN(Cc1cccs1)C2.O=C(O)C(F)(F)F. The number of carboxylic acid groups (broad SMARTS) is 1. The summed E-state index contributed by atoms with van der Waals surface area (Å²) >= 11 is 1.78. The summed E-state index contributed by atoms with van der Waals surface area (Å²) in [5.74, 6) is -0.967. The number of carbonyl (C=O) groups is 2. The average molecular weight is 434 g/mol. The van der Waals surface area contributed by atoms with Crippen molar-refractivity contribution in [1.29, 1.82) is 0 Å². The Morgan fingerprint density at radius 3 is 2.55 bits per heavy atom. The molecule has 0 saturated carbocycles. The number of thiophene rings is 1. The highest BCUT2D eigenvalue weighted by Gasteiger charge is 2.38. The molecule has 2 amide bonds. The third-order valence-corrected chi connectivity index (χ3v) is 4.78. The molecular weight excluding hydrogens is 413 g/mol. The lowest BCUT2D eigenvalue weighted by Gasteiger charge is -2.27. The van der Waals surface area contributed by atoms with E-state index in [-0.39, 0.29) is 6.03 Å². The van der Waals surface area contributed by atoms with E-state index in [1.165, 1.54) is 9.78 Å². The van der Waals surface area contributed by atoms with Gasteiger partial charge in [-0.15, -0.1) is 21.5 Å². The summed E-state index contributed by atoms with van der Waals surface area (Å²) in [7, 11) is 3.44. The summed E-state index contributed by atoms with van der Waals surface area (Å²) in [4.78, 5) is 25.7. The Kier molecular flexibility index (Phi) is 7.56. The van der Waals surface area contributed by atoms with Gasteiger partial charge in [-0.1, -0.05) is 6.07 Å². The fraction of sp³-hybridized carbons (Fsp3) is 0.500. The molecule has 3 rings (SSSR count). The molecule has 0 unspecified atom stereocenters. The van der Waals surface area contributed by atoms with Crippen molar-refractivity contribution in [2.45, 2.75) is 32.4 Å². The van der Waals surface area contributed by atoms with Crippen molar-refractivity contribution in [3.8, 4) is 0 Å². The molecule has 0 fully saturated rings. The second-order valence-electron chi connectivity index (χ2n) is 6.33. The number of alkyl halides is 3. The molecule has 29 heavy (non-hydrogen) atoms. The van der Waals surface area contributed by atoms with Gasteiger partial charge in [0.2, 0.25) is 0 Å². The number of fused-ring (bicyclic) bond motifs is 1.